The number of nitrogens with one attached hydrogen (secondary N) is 3. The standard InChI is InChI=1S/C16H20BrN3O3/c1-23-16(22)14-12-8-11(5-6-13(12)19-20-14)18-15(21)9-3-2-4-10(17)7-9/h2-4,7,11-14,19-20H,5-6,8H2,1H3,(H,18,21). The van der Waals surface area contributed by atoms with Crippen molar-refractivity contribution in [3.63, 3.8) is 0 Å². The molecule has 1 heterocycles. The largest absolute Gasteiger partial charge is 0.468 e. The number of methoxy groups -OCH3 is 1. The Bertz CT molecular complexity index is 610. The van der Waals surface area contributed by atoms with Gasteiger partial charge in [-0.15, -0.1) is 0 Å². The van der Waals surface area contributed by atoms with Crippen molar-refractivity contribution in [2.24, 2.45) is 5.92 Å². The number of ether oxygens (including phenoxy) is 1. The Labute approximate surface area is 143 Å². The van der Waals surface area contributed by atoms with Gasteiger partial charge in [0.2, 0.25) is 0 Å². The average Bonchev–Trinajstić information content (AvgIpc) is 2.97. The van der Waals surface area contributed by atoms with Gasteiger partial charge < -0.3 is 10.1 Å². The number of carbonyl (C=O) groups excluding carboxylic acids is 2. The van der Waals surface area contributed by atoms with E-state index in [-0.39, 0.29) is 35.9 Å². The third kappa shape index (κ3) is 3.57. The Morgan fingerprint density at radius 2 is 2.13 bits per heavy atom. The molecule has 0 bridgehead atoms. The van der Waals surface area contributed by atoms with E-state index in [2.05, 4.69) is 32.1 Å². The Kier molecular flexibility index (Phi) is 4.99. The Morgan fingerprint density at radius 1 is 1.30 bits per heavy atom. The predicted octanol–water partition coefficient (Wildman–Crippen LogP) is 1.37. The monoisotopic (exact) mass is 381 g/mol. The zero-order valence-electron chi connectivity index (χ0n) is 12.8. The Hall–Kier alpha value is -1.44. The van der Waals surface area contributed by atoms with Crippen molar-refractivity contribution in [2.45, 2.75) is 37.4 Å². The third-order valence-corrected chi connectivity index (χ3v) is 5.12. The van der Waals surface area contributed by atoms with Crippen LogP contribution in [0.2, 0.25) is 0 Å². The molecule has 1 aliphatic heterocycles. The van der Waals surface area contributed by atoms with Crippen molar-refractivity contribution in [1.29, 1.82) is 0 Å². The van der Waals surface area contributed by atoms with E-state index in [9.17, 15) is 9.59 Å². The van der Waals surface area contributed by atoms with Crippen molar-refractivity contribution < 1.29 is 14.3 Å². The second-order valence-corrected chi connectivity index (χ2v) is 6.97. The van der Waals surface area contributed by atoms with E-state index < -0.39 is 0 Å². The molecule has 4 unspecified atom stereocenters. The molecule has 2 fully saturated rings. The minimum Gasteiger partial charge on any atom is -0.468 e. The molecule has 1 aliphatic carbocycles. The summed E-state index contributed by atoms with van der Waals surface area (Å²) in [5.41, 5.74) is 6.82. The van der Waals surface area contributed by atoms with E-state index in [0.29, 0.717) is 5.56 Å². The number of amides is 1. The van der Waals surface area contributed by atoms with E-state index in [1.807, 2.05) is 12.1 Å². The number of hydrogen-bond donors (Lipinski definition) is 3. The van der Waals surface area contributed by atoms with Gasteiger partial charge in [0.1, 0.15) is 6.04 Å². The second-order valence-electron chi connectivity index (χ2n) is 6.05. The highest BCUT2D eigenvalue weighted by Crippen LogP contribution is 2.31. The summed E-state index contributed by atoms with van der Waals surface area (Å²) in [6.45, 7) is 0. The number of rotatable bonds is 3. The molecule has 2 aliphatic rings. The topological polar surface area (TPSA) is 79.5 Å². The molecule has 1 aromatic carbocycles. The summed E-state index contributed by atoms with van der Waals surface area (Å²) in [7, 11) is 1.40. The number of hydrazine groups is 1. The highest BCUT2D eigenvalue weighted by atomic mass is 79.9. The molecule has 0 spiro atoms. The number of halogens is 1. The smallest absolute Gasteiger partial charge is 0.324 e. The first-order valence-electron chi connectivity index (χ1n) is 7.74. The van der Waals surface area contributed by atoms with Crippen LogP contribution in [0.25, 0.3) is 0 Å². The van der Waals surface area contributed by atoms with Crippen LogP contribution >= 0.6 is 15.9 Å². The third-order valence-electron chi connectivity index (χ3n) is 4.63. The fourth-order valence-electron chi connectivity index (χ4n) is 3.45. The second kappa shape index (κ2) is 6.98. The minimum atomic E-state index is -0.351. The lowest BCUT2D eigenvalue weighted by Crippen LogP contribution is -2.46. The van der Waals surface area contributed by atoms with Gasteiger partial charge >= 0.3 is 5.97 Å². The maximum absolute atomic E-state index is 12.4. The zero-order valence-corrected chi connectivity index (χ0v) is 14.4. The van der Waals surface area contributed by atoms with Crippen LogP contribution in [-0.2, 0) is 9.53 Å². The molecule has 23 heavy (non-hydrogen) atoms. The minimum absolute atomic E-state index is 0.0663. The molecule has 7 heteroatoms. The van der Waals surface area contributed by atoms with E-state index in [1.54, 1.807) is 12.1 Å². The molecule has 0 aromatic heterocycles. The molecule has 3 rings (SSSR count). The number of fused-ring (bicyclic) bond motifs is 1. The first kappa shape index (κ1) is 16.4. The van der Waals surface area contributed by atoms with Crippen molar-refractivity contribution >= 4 is 27.8 Å². The quantitative estimate of drug-likeness (QED) is 0.689. The summed E-state index contributed by atoms with van der Waals surface area (Å²) < 4.78 is 5.73. The Morgan fingerprint density at radius 3 is 2.87 bits per heavy atom. The molecule has 0 radical (unpaired) electrons. The highest BCUT2D eigenvalue weighted by molar-refractivity contribution is 9.10. The number of esters is 1. The van der Waals surface area contributed by atoms with Crippen LogP contribution in [0.5, 0.6) is 0 Å². The fourth-order valence-corrected chi connectivity index (χ4v) is 3.85. The van der Waals surface area contributed by atoms with Crippen LogP contribution in [0.3, 0.4) is 0 Å². The summed E-state index contributed by atoms with van der Waals surface area (Å²) in [6, 6.07) is 7.29. The SMILES string of the molecule is COC(=O)C1NNC2CCC(NC(=O)c3cccc(Br)c3)CC21. The van der Waals surface area contributed by atoms with Crippen LogP contribution < -0.4 is 16.2 Å². The molecule has 4 atom stereocenters. The van der Waals surface area contributed by atoms with Crippen LogP contribution in [0.1, 0.15) is 29.6 Å². The molecule has 124 valence electrons. The van der Waals surface area contributed by atoms with Gasteiger partial charge in [0.15, 0.2) is 0 Å². The molecule has 1 saturated carbocycles. The van der Waals surface area contributed by atoms with Crippen molar-refractivity contribution in [3.8, 4) is 0 Å². The lowest BCUT2D eigenvalue weighted by Gasteiger charge is -2.32. The summed E-state index contributed by atoms with van der Waals surface area (Å²) in [5, 5.41) is 3.09. The molecule has 6 nitrogen and oxygen atoms in total. The van der Waals surface area contributed by atoms with Crippen molar-refractivity contribution in [2.75, 3.05) is 7.11 Å². The maximum atomic E-state index is 12.4. The summed E-state index contributed by atoms with van der Waals surface area (Å²) in [4.78, 5) is 24.2. The maximum Gasteiger partial charge on any atom is 0.324 e. The van der Waals surface area contributed by atoms with Crippen LogP contribution in [0.4, 0.5) is 0 Å². The summed E-state index contributed by atoms with van der Waals surface area (Å²) >= 11 is 3.38. The van der Waals surface area contributed by atoms with Gasteiger partial charge in [0.25, 0.3) is 5.91 Å². The van der Waals surface area contributed by atoms with Gasteiger partial charge in [-0.3, -0.25) is 15.0 Å². The fraction of sp³-hybridized carbons (Fsp3) is 0.500. The highest BCUT2D eigenvalue weighted by Gasteiger charge is 2.44. The van der Waals surface area contributed by atoms with E-state index >= 15 is 0 Å². The zero-order chi connectivity index (χ0) is 16.4. The molecule has 1 amide bonds. The van der Waals surface area contributed by atoms with Gasteiger partial charge in [-0.1, -0.05) is 22.0 Å². The van der Waals surface area contributed by atoms with Crippen LogP contribution in [0.15, 0.2) is 28.7 Å². The van der Waals surface area contributed by atoms with E-state index in [0.717, 1.165) is 23.7 Å². The number of benzene rings is 1. The van der Waals surface area contributed by atoms with Gasteiger partial charge in [0, 0.05) is 28.0 Å². The molecule has 1 aromatic rings. The van der Waals surface area contributed by atoms with Gasteiger partial charge in [0.05, 0.1) is 7.11 Å². The molecular formula is C16H20BrN3O3. The van der Waals surface area contributed by atoms with Crippen LogP contribution in [-0.4, -0.2) is 37.1 Å². The van der Waals surface area contributed by atoms with Gasteiger partial charge in [-0.05, 0) is 37.5 Å². The van der Waals surface area contributed by atoms with Gasteiger partial charge in [-0.25, -0.2) is 5.43 Å². The van der Waals surface area contributed by atoms with Crippen LogP contribution in [0, 0.1) is 5.92 Å². The molecular weight excluding hydrogens is 362 g/mol. The lowest BCUT2D eigenvalue weighted by molar-refractivity contribution is -0.144. The van der Waals surface area contributed by atoms with Crippen molar-refractivity contribution in [3.05, 3.63) is 34.3 Å². The van der Waals surface area contributed by atoms with Gasteiger partial charge in [-0.2, -0.15) is 0 Å². The predicted molar refractivity (Wildman–Crippen MR) is 88.6 cm³/mol. The Balaban J connectivity index is 1.64. The normalized spacial score (nSPS) is 29.7. The lowest BCUT2D eigenvalue weighted by atomic mass is 9.79. The molecule has 3 N–H and O–H groups in total. The van der Waals surface area contributed by atoms with E-state index in [1.165, 1.54) is 7.11 Å². The summed E-state index contributed by atoms with van der Waals surface area (Å²) in [6.07, 6.45) is 2.56. The number of hydrogen-bond acceptors (Lipinski definition) is 5. The van der Waals surface area contributed by atoms with Crippen molar-refractivity contribution in [1.82, 2.24) is 16.2 Å². The number of carbonyl (C=O) groups is 2. The summed E-state index contributed by atoms with van der Waals surface area (Å²) in [5.74, 6) is -0.212. The average molecular weight is 382 g/mol. The molecule has 1 saturated heterocycles. The van der Waals surface area contributed by atoms with E-state index in [4.69, 9.17) is 4.74 Å². The first-order valence-corrected chi connectivity index (χ1v) is 8.53. The first-order chi connectivity index (χ1) is 11.1.